The van der Waals surface area contributed by atoms with E-state index < -0.39 is 5.97 Å². The van der Waals surface area contributed by atoms with Gasteiger partial charge in [0.15, 0.2) is 22.8 Å². The van der Waals surface area contributed by atoms with Gasteiger partial charge < -0.3 is 29.6 Å². The standard InChI is InChI=1S/C20H14O7/c1-9(21)26-19-12(10-2-4-11(22)5-3-10)6-16(25)18-13-7-14(23)15(24)8-17(13)27-20(18)19/h2-8,22-25H,1H3. The molecule has 27 heavy (non-hydrogen) atoms. The van der Waals surface area contributed by atoms with Gasteiger partial charge >= 0.3 is 5.97 Å². The quantitative estimate of drug-likeness (QED) is 0.240. The Morgan fingerprint density at radius 1 is 0.926 bits per heavy atom. The molecule has 0 radical (unpaired) electrons. The first-order chi connectivity index (χ1) is 12.8. The molecule has 0 spiro atoms. The Morgan fingerprint density at radius 2 is 1.59 bits per heavy atom. The smallest absolute Gasteiger partial charge is 0.308 e. The number of carbonyl (C=O) groups excluding carboxylic acids is 1. The number of phenolic OH excluding ortho intramolecular Hbond substituents is 4. The van der Waals surface area contributed by atoms with Crippen LogP contribution in [0.5, 0.6) is 28.7 Å². The highest BCUT2D eigenvalue weighted by atomic mass is 16.5. The molecule has 0 aliphatic heterocycles. The SMILES string of the molecule is CC(=O)Oc1c(-c2ccc(O)cc2)cc(O)c2c1oc1cc(O)c(O)cc12. The molecule has 136 valence electrons. The second-order valence-electron chi connectivity index (χ2n) is 6.06. The van der Waals surface area contributed by atoms with E-state index in [-0.39, 0.29) is 45.3 Å². The number of ether oxygens (including phenoxy) is 1. The van der Waals surface area contributed by atoms with Crippen molar-refractivity contribution in [2.45, 2.75) is 6.92 Å². The fraction of sp³-hybridized carbons (Fsp3) is 0.0500. The van der Waals surface area contributed by atoms with Gasteiger partial charge in [0.2, 0.25) is 0 Å². The van der Waals surface area contributed by atoms with E-state index in [1.165, 1.54) is 37.3 Å². The zero-order chi connectivity index (χ0) is 19.3. The highest BCUT2D eigenvalue weighted by Gasteiger charge is 2.23. The maximum atomic E-state index is 11.7. The van der Waals surface area contributed by atoms with E-state index in [4.69, 9.17) is 9.15 Å². The van der Waals surface area contributed by atoms with Crippen molar-refractivity contribution in [2.75, 3.05) is 0 Å². The average molecular weight is 366 g/mol. The Kier molecular flexibility index (Phi) is 3.59. The Morgan fingerprint density at radius 3 is 2.26 bits per heavy atom. The van der Waals surface area contributed by atoms with E-state index in [9.17, 15) is 25.2 Å². The monoisotopic (exact) mass is 366 g/mol. The normalized spacial score (nSPS) is 11.1. The third-order valence-electron chi connectivity index (χ3n) is 4.20. The molecule has 4 aromatic rings. The average Bonchev–Trinajstić information content (AvgIpc) is 2.97. The molecule has 4 N–H and O–H groups in total. The largest absolute Gasteiger partial charge is 0.508 e. The Hall–Kier alpha value is -3.87. The molecule has 0 fully saturated rings. The number of fused-ring (bicyclic) bond motifs is 3. The van der Waals surface area contributed by atoms with Crippen LogP contribution in [0.15, 0.2) is 46.9 Å². The summed E-state index contributed by atoms with van der Waals surface area (Å²) in [6.45, 7) is 1.24. The molecular weight excluding hydrogens is 352 g/mol. The van der Waals surface area contributed by atoms with Crippen molar-refractivity contribution in [1.29, 1.82) is 0 Å². The summed E-state index contributed by atoms with van der Waals surface area (Å²) in [6, 6.07) is 10.00. The van der Waals surface area contributed by atoms with E-state index in [1.54, 1.807) is 12.1 Å². The number of carbonyl (C=O) groups is 1. The minimum atomic E-state index is -0.590. The number of aromatic hydroxyl groups is 4. The van der Waals surface area contributed by atoms with E-state index >= 15 is 0 Å². The van der Waals surface area contributed by atoms with Crippen molar-refractivity contribution in [3.63, 3.8) is 0 Å². The first-order valence-corrected chi connectivity index (χ1v) is 7.97. The molecule has 7 heteroatoms. The Bertz CT molecular complexity index is 1200. The summed E-state index contributed by atoms with van der Waals surface area (Å²) >= 11 is 0. The summed E-state index contributed by atoms with van der Waals surface area (Å²) in [5.41, 5.74) is 1.25. The van der Waals surface area contributed by atoms with Gasteiger partial charge in [-0.1, -0.05) is 12.1 Å². The predicted octanol–water partition coefficient (Wildman–Crippen LogP) is 4.00. The summed E-state index contributed by atoms with van der Waals surface area (Å²) in [5.74, 6) is -1.36. The lowest BCUT2D eigenvalue weighted by atomic mass is 10.0. The third-order valence-corrected chi connectivity index (χ3v) is 4.20. The van der Waals surface area contributed by atoms with Gasteiger partial charge in [-0.05, 0) is 29.8 Å². The van der Waals surface area contributed by atoms with Crippen molar-refractivity contribution in [1.82, 2.24) is 0 Å². The number of hydrogen-bond acceptors (Lipinski definition) is 7. The Labute approximate surface area is 152 Å². The minimum Gasteiger partial charge on any atom is -0.508 e. The summed E-state index contributed by atoms with van der Waals surface area (Å²) < 4.78 is 11.1. The van der Waals surface area contributed by atoms with Crippen LogP contribution in [-0.4, -0.2) is 26.4 Å². The molecule has 1 heterocycles. The number of furan rings is 1. The number of benzene rings is 3. The van der Waals surface area contributed by atoms with Crippen molar-refractivity contribution >= 4 is 27.9 Å². The summed E-state index contributed by atoms with van der Waals surface area (Å²) in [4.78, 5) is 11.7. The van der Waals surface area contributed by atoms with Gasteiger partial charge in [-0.25, -0.2) is 0 Å². The van der Waals surface area contributed by atoms with Crippen LogP contribution in [0.3, 0.4) is 0 Å². The van der Waals surface area contributed by atoms with Gasteiger partial charge in [0.05, 0.1) is 5.39 Å². The number of hydrogen-bond donors (Lipinski definition) is 4. The highest BCUT2D eigenvalue weighted by Crippen LogP contribution is 2.47. The lowest BCUT2D eigenvalue weighted by Gasteiger charge is -2.11. The first-order valence-electron chi connectivity index (χ1n) is 7.97. The van der Waals surface area contributed by atoms with Crippen molar-refractivity contribution < 1.29 is 34.4 Å². The van der Waals surface area contributed by atoms with Crippen LogP contribution >= 0.6 is 0 Å². The van der Waals surface area contributed by atoms with Crippen LogP contribution in [0.25, 0.3) is 33.1 Å². The molecule has 0 amide bonds. The molecule has 0 unspecified atom stereocenters. The van der Waals surface area contributed by atoms with Gasteiger partial charge in [-0.2, -0.15) is 0 Å². The predicted molar refractivity (Wildman–Crippen MR) is 97.1 cm³/mol. The highest BCUT2D eigenvalue weighted by molar-refractivity contribution is 6.13. The van der Waals surface area contributed by atoms with Gasteiger partial charge in [0, 0.05) is 23.9 Å². The first kappa shape index (κ1) is 16.6. The fourth-order valence-electron chi connectivity index (χ4n) is 3.03. The van der Waals surface area contributed by atoms with Gasteiger partial charge in [-0.3, -0.25) is 4.79 Å². The molecule has 4 rings (SSSR count). The van der Waals surface area contributed by atoms with Crippen LogP contribution in [0.4, 0.5) is 0 Å². The second-order valence-corrected chi connectivity index (χ2v) is 6.06. The van der Waals surface area contributed by atoms with Crippen molar-refractivity contribution in [2.24, 2.45) is 0 Å². The Balaban J connectivity index is 2.11. The molecule has 0 atom stereocenters. The van der Waals surface area contributed by atoms with Gasteiger partial charge in [-0.15, -0.1) is 0 Å². The van der Waals surface area contributed by atoms with Gasteiger partial charge in [0.1, 0.15) is 17.1 Å². The zero-order valence-electron chi connectivity index (χ0n) is 14.1. The lowest BCUT2D eigenvalue weighted by molar-refractivity contribution is -0.131. The van der Waals surface area contributed by atoms with E-state index in [0.717, 1.165) is 0 Å². The summed E-state index contributed by atoms with van der Waals surface area (Å²) in [7, 11) is 0. The maximum Gasteiger partial charge on any atom is 0.308 e. The molecule has 0 aliphatic carbocycles. The molecule has 0 bridgehead atoms. The maximum absolute atomic E-state index is 11.7. The number of phenols is 4. The van der Waals surface area contributed by atoms with Gasteiger partial charge in [0.25, 0.3) is 0 Å². The molecule has 0 saturated carbocycles. The summed E-state index contributed by atoms with van der Waals surface area (Å²) in [5, 5.41) is 40.1. The van der Waals surface area contributed by atoms with Crippen molar-refractivity contribution in [3.8, 4) is 39.9 Å². The lowest BCUT2D eigenvalue weighted by Crippen LogP contribution is -2.03. The molecule has 0 saturated heterocycles. The number of esters is 1. The second kappa shape index (κ2) is 5.84. The third kappa shape index (κ3) is 2.65. The zero-order valence-corrected chi connectivity index (χ0v) is 14.1. The molecular formula is C20H14O7. The van der Waals surface area contributed by atoms with E-state index in [2.05, 4.69) is 0 Å². The molecule has 1 aromatic heterocycles. The van der Waals surface area contributed by atoms with Crippen LogP contribution in [0.2, 0.25) is 0 Å². The summed E-state index contributed by atoms with van der Waals surface area (Å²) in [6.07, 6.45) is 0. The van der Waals surface area contributed by atoms with Crippen LogP contribution in [0.1, 0.15) is 6.92 Å². The van der Waals surface area contributed by atoms with Crippen LogP contribution in [-0.2, 0) is 4.79 Å². The van der Waals surface area contributed by atoms with Crippen LogP contribution < -0.4 is 4.74 Å². The van der Waals surface area contributed by atoms with E-state index in [1.807, 2.05) is 0 Å². The molecule has 7 nitrogen and oxygen atoms in total. The minimum absolute atomic E-state index is 0.0628. The van der Waals surface area contributed by atoms with E-state index in [0.29, 0.717) is 16.5 Å². The van der Waals surface area contributed by atoms with Crippen molar-refractivity contribution in [3.05, 3.63) is 42.5 Å². The number of rotatable bonds is 2. The molecule has 3 aromatic carbocycles. The molecule has 0 aliphatic rings. The topological polar surface area (TPSA) is 120 Å². The van der Waals surface area contributed by atoms with Crippen LogP contribution in [0, 0.1) is 0 Å². The fourth-order valence-corrected chi connectivity index (χ4v) is 3.03.